The second kappa shape index (κ2) is 7.06. The molecule has 0 saturated heterocycles. The maximum Gasteiger partial charge on any atom is 0.268 e. The minimum atomic E-state index is -0.107. The van der Waals surface area contributed by atoms with Gasteiger partial charge in [0.2, 0.25) is 0 Å². The molecule has 17 heavy (non-hydrogen) atoms. The summed E-state index contributed by atoms with van der Waals surface area (Å²) in [6, 6.07) is 1.53. The molecule has 0 aromatic carbocycles. The maximum absolute atomic E-state index is 11.6. The van der Waals surface area contributed by atoms with Crippen molar-refractivity contribution in [2.24, 2.45) is 5.92 Å². The molecular weight excluding hydrogens is 218 g/mol. The van der Waals surface area contributed by atoms with Crippen LogP contribution in [-0.4, -0.2) is 30.0 Å². The molecule has 0 aliphatic rings. The molecule has 0 aliphatic heterocycles. The van der Waals surface area contributed by atoms with Gasteiger partial charge in [-0.3, -0.25) is 4.79 Å². The van der Waals surface area contributed by atoms with E-state index >= 15 is 0 Å². The van der Waals surface area contributed by atoms with Crippen molar-refractivity contribution >= 4 is 5.69 Å². The molecule has 1 aromatic heterocycles. The fraction of sp³-hybridized carbons (Fsp3) is 0.667. The summed E-state index contributed by atoms with van der Waals surface area (Å²) in [4.78, 5) is 11.6. The summed E-state index contributed by atoms with van der Waals surface area (Å²) in [5.74, 6) is 0.644. The van der Waals surface area contributed by atoms with Crippen molar-refractivity contribution in [3.8, 4) is 0 Å². The fourth-order valence-corrected chi connectivity index (χ4v) is 1.31. The van der Waals surface area contributed by atoms with Crippen LogP contribution in [0.3, 0.4) is 0 Å². The van der Waals surface area contributed by atoms with Gasteiger partial charge in [-0.05, 0) is 12.3 Å². The van der Waals surface area contributed by atoms with Crippen molar-refractivity contribution in [1.29, 1.82) is 0 Å². The van der Waals surface area contributed by atoms with Crippen molar-refractivity contribution in [1.82, 2.24) is 9.78 Å². The highest BCUT2D eigenvalue weighted by Crippen LogP contribution is 1.99. The lowest BCUT2D eigenvalue weighted by Crippen LogP contribution is -2.24. The number of rotatable bonds is 7. The quantitative estimate of drug-likeness (QED) is 0.730. The number of aromatic nitrogens is 2. The van der Waals surface area contributed by atoms with Gasteiger partial charge in [0.05, 0.1) is 25.0 Å². The largest absolute Gasteiger partial charge is 0.387 e. The molecule has 0 bridgehead atoms. The summed E-state index contributed by atoms with van der Waals surface area (Å²) in [6.45, 7) is 6.08. The Morgan fingerprint density at radius 1 is 1.47 bits per heavy atom. The van der Waals surface area contributed by atoms with E-state index in [0.29, 0.717) is 19.1 Å². The van der Waals surface area contributed by atoms with Gasteiger partial charge in [-0.1, -0.05) is 13.8 Å². The first-order valence-corrected chi connectivity index (χ1v) is 5.96. The minimum Gasteiger partial charge on any atom is -0.387 e. The van der Waals surface area contributed by atoms with Crippen LogP contribution in [0.25, 0.3) is 0 Å². The Morgan fingerprint density at radius 2 is 2.24 bits per heavy atom. The summed E-state index contributed by atoms with van der Waals surface area (Å²) in [5, 5.41) is 6.92. The van der Waals surface area contributed by atoms with E-state index in [1.807, 2.05) is 0 Å². The Morgan fingerprint density at radius 3 is 2.82 bits per heavy atom. The molecule has 1 rings (SSSR count). The summed E-state index contributed by atoms with van der Waals surface area (Å²) in [5.41, 5.74) is 0.622. The Bertz CT molecular complexity index is 388. The SMILES string of the molecule is CNc1cnn(CCOCCC(C)C)c(=O)c1. The fourth-order valence-electron chi connectivity index (χ4n) is 1.31. The number of hydrogen-bond acceptors (Lipinski definition) is 4. The van der Waals surface area contributed by atoms with Crippen LogP contribution < -0.4 is 10.9 Å². The third kappa shape index (κ3) is 4.99. The molecule has 5 heteroatoms. The zero-order valence-corrected chi connectivity index (χ0v) is 10.8. The molecule has 1 aromatic rings. The van der Waals surface area contributed by atoms with Gasteiger partial charge in [0.25, 0.3) is 5.56 Å². The van der Waals surface area contributed by atoms with Crippen LogP contribution in [0.5, 0.6) is 0 Å². The molecule has 0 saturated carbocycles. The van der Waals surface area contributed by atoms with Gasteiger partial charge in [-0.15, -0.1) is 0 Å². The number of hydrogen-bond donors (Lipinski definition) is 1. The first kappa shape index (κ1) is 13.7. The van der Waals surface area contributed by atoms with Gasteiger partial charge in [0, 0.05) is 19.7 Å². The Balaban J connectivity index is 2.34. The van der Waals surface area contributed by atoms with E-state index in [-0.39, 0.29) is 5.56 Å². The van der Waals surface area contributed by atoms with Gasteiger partial charge < -0.3 is 10.1 Å². The summed E-state index contributed by atoms with van der Waals surface area (Å²) >= 11 is 0. The third-order valence-electron chi connectivity index (χ3n) is 2.45. The number of ether oxygens (including phenoxy) is 1. The molecular formula is C12H21N3O2. The molecule has 0 amide bonds. The van der Waals surface area contributed by atoms with Crippen LogP contribution in [0.2, 0.25) is 0 Å². The van der Waals surface area contributed by atoms with Crippen LogP contribution >= 0.6 is 0 Å². The first-order chi connectivity index (χ1) is 8.13. The average Bonchev–Trinajstić information content (AvgIpc) is 2.30. The lowest BCUT2D eigenvalue weighted by Gasteiger charge is -2.08. The van der Waals surface area contributed by atoms with E-state index < -0.39 is 0 Å². The number of nitrogens with one attached hydrogen (secondary N) is 1. The molecule has 0 radical (unpaired) electrons. The van der Waals surface area contributed by atoms with Crippen LogP contribution in [0.1, 0.15) is 20.3 Å². The lowest BCUT2D eigenvalue weighted by atomic mass is 10.1. The van der Waals surface area contributed by atoms with Gasteiger partial charge >= 0.3 is 0 Å². The maximum atomic E-state index is 11.6. The molecule has 1 heterocycles. The van der Waals surface area contributed by atoms with Crippen LogP contribution in [0, 0.1) is 5.92 Å². The Labute approximate surface area is 102 Å². The highest BCUT2D eigenvalue weighted by atomic mass is 16.5. The average molecular weight is 239 g/mol. The molecule has 0 fully saturated rings. The van der Waals surface area contributed by atoms with Crippen molar-refractivity contribution < 1.29 is 4.74 Å². The standard InChI is InChI=1S/C12H21N3O2/c1-10(2)4-6-17-7-5-15-12(16)8-11(13-3)9-14-15/h8-10,13H,4-7H2,1-3H3. The topological polar surface area (TPSA) is 56.1 Å². The zero-order chi connectivity index (χ0) is 12.7. The summed E-state index contributed by atoms with van der Waals surface area (Å²) in [7, 11) is 1.76. The predicted octanol–water partition coefficient (Wildman–Crippen LogP) is 1.35. The Kier molecular flexibility index (Phi) is 5.69. The van der Waals surface area contributed by atoms with Crippen molar-refractivity contribution in [3.05, 3.63) is 22.6 Å². The predicted molar refractivity (Wildman–Crippen MR) is 68.3 cm³/mol. The van der Waals surface area contributed by atoms with Crippen LogP contribution in [-0.2, 0) is 11.3 Å². The molecule has 0 spiro atoms. The van der Waals surface area contributed by atoms with Gasteiger partial charge in [0.15, 0.2) is 0 Å². The smallest absolute Gasteiger partial charge is 0.268 e. The van der Waals surface area contributed by atoms with E-state index in [0.717, 1.165) is 18.7 Å². The molecule has 0 aliphatic carbocycles. The number of anilines is 1. The van der Waals surface area contributed by atoms with E-state index in [2.05, 4.69) is 24.3 Å². The van der Waals surface area contributed by atoms with Crippen LogP contribution in [0.4, 0.5) is 5.69 Å². The van der Waals surface area contributed by atoms with E-state index in [9.17, 15) is 4.79 Å². The summed E-state index contributed by atoms with van der Waals surface area (Å²) in [6.07, 6.45) is 2.68. The number of nitrogens with zero attached hydrogens (tertiary/aromatic N) is 2. The van der Waals surface area contributed by atoms with E-state index in [1.165, 1.54) is 10.7 Å². The second-order valence-corrected chi connectivity index (χ2v) is 4.35. The first-order valence-electron chi connectivity index (χ1n) is 5.96. The molecule has 5 nitrogen and oxygen atoms in total. The van der Waals surface area contributed by atoms with Gasteiger partial charge in [-0.25, -0.2) is 4.68 Å². The summed E-state index contributed by atoms with van der Waals surface area (Å²) < 4.78 is 6.86. The van der Waals surface area contributed by atoms with E-state index in [1.54, 1.807) is 13.2 Å². The highest BCUT2D eigenvalue weighted by molar-refractivity contribution is 5.37. The van der Waals surface area contributed by atoms with Gasteiger partial charge in [-0.2, -0.15) is 5.10 Å². The molecule has 1 N–H and O–H groups in total. The lowest BCUT2D eigenvalue weighted by molar-refractivity contribution is 0.113. The van der Waals surface area contributed by atoms with Crippen LogP contribution in [0.15, 0.2) is 17.1 Å². The van der Waals surface area contributed by atoms with Crippen molar-refractivity contribution in [2.75, 3.05) is 25.6 Å². The normalized spacial score (nSPS) is 10.8. The zero-order valence-electron chi connectivity index (χ0n) is 10.8. The van der Waals surface area contributed by atoms with Crippen molar-refractivity contribution in [3.63, 3.8) is 0 Å². The Hall–Kier alpha value is -1.36. The molecule has 0 atom stereocenters. The third-order valence-corrected chi connectivity index (χ3v) is 2.45. The monoisotopic (exact) mass is 239 g/mol. The minimum absolute atomic E-state index is 0.107. The second-order valence-electron chi connectivity index (χ2n) is 4.35. The highest BCUT2D eigenvalue weighted by Gasteiger charge is 1.99. The molecule has 0 unspecified atom stereocenters. The van der Waals surface area contributed by atoms with Crippen molar-refractivity contribution in [2.45, 2.75) is 26.8 Å². The van der Waals surface area contributed by atoms with E-state index in [4.69, 9.17) is 4.74 Å². The van der Waals surface area contributed by atoms with Gasteiger partial charge in [0.1, 0.15) is 0 Å². The molecule has 96 valence electrons.